The molecule has 5 nitrogen and oxygen atoms in total. The van der Waals surface area contributed by atoms with Gasteiger partial charge in [0.05, 0.1) is 19.2 Å². The molecule has 3 aromatic rings. The molecule has 0 unspecified atom stereocenters. The van der Waals surface area contributed by atoms with Crippen LogP contribution in [0.2, 0.25) is 10.0 Å². The third kappa shape index (κ3) is 2.64. The number of hydrogen-bond acceptors (Lipinski definition) is 4. The van der Waals surface area contributed by atoms with Gasteiger partial charge < -0.3 is 14.7 Å². The lowest BCUT2D eigenvalue weighted by Crippen LogP contribution is -2.23. The van der Waals surface area contributed by atoms with Gasteiger partial charge in [-0.2, -0.15) is 0 Å². The molecule has 1 aliphatic heterocycles. The maximum absolute atomic E-state index is 12.9. The zero-order valence-electron chi connectivity index (χ0n) is 13.8. The molecule has 2 heterocycles. The van der Waals surface area contributed by atoms with Crippen molar-refractivity contribution in [2.75, 3.05) is 7.11 Å². The van der Waals surface area contributed by atoms with Crippen LogP contribution in [0, 0.1) is 0 Å². The summed E-state index contributed by atoms with van der Waals surface area (Å²) in [5, 5.41) is 12.3. The van der Waals surface area contributed by atoms with E-state index >= 15 is 0 Å². The number of pyridine rings is 1. The van der Waals surface area contributed by atoms with Crippen molar-refractivity contribution in [1.29, 1.82) is 0 Å². The Kier molecular flexibility index (Phi) is 4.13. The van der Waals surface area contributed by atoms with E-state index in [9.17, 15) is 9.90 Å². The second kappa shape index (κ2) is 6.34. The molecule has 0 fully saturated rings. The molecule has 0 radical (unpaired) electrons. The molecule has 1 N–H and O–H groups in total. The van der Waals surface area contributed by atoms with Crippen molar-refractivity contribution in [2.45, 2.75) is 13.1 Å². The predicted molar refractivity (Wildman–Crippen MR) is 100.0 cm³/mol. The zero-order valence-corrected chi connectivity index (χ0v) is 15.3. The van der Waals surface area contributed by atoms with E-state index in [2.05, 4.69) is 4.98 Å². The number of carbonyl (C=O) groups excluding carboxylic acids is 1. The Morgan fingerprint density at radius 3 is 2.69 bits per heavy atom. The first-order chi connectivity index (χ1) is 12.5. The van der Waals surface area contributed by atoms with Crippen molar-refractivity contribution in [3.05, 3.63) is 63.3 Å². The van der Waals surface area contributed by atoms with Crippen molar-refractivity contribution in [3.8, 4) is 11.5 Å². The number of benzene rings is 2. The lowest BCUT2D eigenvalue weighted by molar-refractivity contribution is 0.0764. The van der Waals surface area contributed by atoms with Crippen LogP contribution in [0.4, 0.5) is 0 Å². The van der Waals surface area contributed by atoms with Gasteiger partial charge in [-0.15, -0.1) is 0 Å². The molecule has 0 spiro atoms. The van der Waals surface area contributed by atoms with Gasteiger partial charge in [-0.3, -0.25) is 9.78 Å². The normalized spacial score (nSPS) is 13.3. The smallest absolute Gasteiger partial charge is 0.258 e. The molecule has 0 bridgehead atoms. The Morgan fingerprint density at radius 2 is 2.00 bits per heavy atom. The summed E-state index contributed by atoms with van der Waals surface area (Å²) in [4.78, 5) is 18.7. The number of hydrogen-bond donors (Lipinski definition) is 1. The topological polar surface area (TPSA) is 62.7 Å². The maximum Gasteiger partial charge on any atom is 0.258 e. The molecule has 0 saturated carbocycles. The summed E-state index contributed by atoms with van der Waals surface area (Å²) in [6.45, 7) is 0.639. The monoisotopic (exact) mass is 388 g/mol. The van der Waals surface area contributed by atoms with Gasteiger partial charge in [0.25, 0.3) is 5.91 Å². The zero-order chi connectivity index (χ0) is 18.4. The van der Waals surface area contributed by atoms with Crippen LogP contribution < -0.4 is 4.74 Å². The van der Waals surface area contributed by atoms with Gasteiger partial charge in [-0.05, 0) is 35.9 Å². The summed E-state index contributed by atoms with van der Waals surface area (Å²) in [6.07, 6.45) is 1.57. The van der Waals surface area contributed by atoms with E-state index < -0.39 is 0 Å². The van der Waals surface area contributed by atoms with Gasteiger partial charge in [0, 0.05) is 33.7 Å². The molecule has 7 heteroatoms. The summed E-state index contributed by atoms with van der Waals surface area (Å²) < 4.78 is 5.54. The number of carbonyl (C=O) groups is 1. The predicted octanol–water partition coefficient (Wildman–Crippen LogP) is 4.41. The molecular formula is C19H14Cl2N2O3. The molecule has 2 aromatic carbocycles. The Labute approximate surface area is 159 Å². The standard InChI is InChI=1S/C19H14Cl2N2O3/c1-26-18-13-3-2-4-22-16(13)17(24)15-14(18)9-23(19(15)25)8-10-5-11(20)7-12(21)6-10/h2-7,24H,8-9H2,1H3. The Balaban J connectivity index is 1.80. The number of aromatic nitrogens is 1. The molecular weight excluding hydrogens is 375 g/mol. The van der Waals surface area contributed by atoms with E-state index in [4.69, 9.17) is 27.9 Å². The number of phenolic OH excluding ortho intramolecular Hbond substituents is 1. The quantitative estimate of drug-likeness (QED) is 0.721. The lowest BCUT2D eigenvalue weighted by Gasteiger charge is -2.16. The van der Waals surface area contributed by atoms with Crippen molar-refractivity contribution < 1.29 is 14.6 Å². The van der Waals surface area contributed by atoms with E-state index in [1.807, 2.05) is 6.07 Å². The fourth-order valence-electron chi connectivity index (χ4n) is 3.40. The average Bonchev–Trinajstić information content (AvgIpc) is 2.91. The Morgan fingerprint density at radius 1 is 1.27 bits per heavy atom. The molecule has 132 valence electrons. The third-order valence-corrected chi connectivity index (χ3v) is 4.88. The Hall–Kier alpha value is -2.50. The van der Waals surface area contributed by atoms with Crippen molar-refractivity contribution in [2.24, 2.45) is 0 Å². The van der Waals surface area contributed by atoms with Crippen molar-refractivity contribution in [3.63, 3.8) is 0 Å². The first-order valence-corrected chi connectivity index (χ1v) is 8.66. The number of phenols is 1. The summed E-state index contributed by atoms with van der Waals surface area (Å²) in [7, 11) is 1.54. The van der Waals surface area contributed by atoms with Gasteiger partial charge in [-0.1, -0.05) is 23.2 Å². The number of fused-ring (bicyclic) bond motifs is 2. The highest BCUT2D eigenvalue weighted by atomic mass is 35.5. The van der Waals surface area contributed by atoms with E-state index in [0.717, 1.165) is 5.56 Å². The van der Waals surface area contributed by atoms with Crippen LogP contribution in [0.15, 0.2) is 36.5 Å². The van der Waals surface area contributed by atoms with Crippen LogP contribution >= 0.6 is 23.2 Å². The fourth-order valence-corrected chi connectivity index (χ4v) is 3.97. The molecule has 0 saturated heterocycles. The highest BCUT2D eigenvalue weighted by Crippen LogP contribution is 2.43. The van der Waals surface area contributed by atoms with E-state index in [0.29, 0.717) is 45.4 Å². The van der Waals surface area contributed by atoms with Gasteiger partial charge in [-0.25, -0.2) is 0 Å². The summed E-state index contributed by atoms with van der Waals surface area (Å²) in [5.41, 5.74) is 2.05. The molecule has 1 amide bonds. The molecule has 4 rings (SSSR count). The molecule has 0 atom stereocenters. The number of amides is 1. The van der Waals surface area contributed by atoms with Gasteiger partial charge in [0.2, 0.25) is 0 Å². The number of ether oxygens (including phenoxy) is 1. The highest BCUT2D eigenvalue weighted by Gasteiger charge is 2.35. The maximum atomic E-state index is 12.9. The minimum atomic E-state index is -0.278. The molecule has 0 aliphatic carbocycles. The van der Waals surface area contributed by atoms with Crippen LogP contribution in [0.3, 0.4) is 0 Å². The first kappa shape index (κ1) is 16.9. The van der Waals surface area contributed by atoms with Crippen LogP contribution in [0.5, 0.6) is 11.5 Å². The van der Waals surface area contributed by atoms with E-state index in [-0.39, 0.29) is 17.2 Å². The van der Waals surface area contributed by atoms with Crippen LogP contribution in [-0.4, -0.2) is 28.0 Å². The SMILES string of the molecule is COc1c2c(c(O)c3ncccc13)C(=O)N(Cc1cc(Cl)cc(Cl)c1)C2. The number of aromatic hydroxyl groups is 1. The number of halogens is 2. The van der Waals surface area contributed by atoms with E-state index in [1.54, 1.807) is 42.5 Å². The molecule has 26 heavy (non-hydrogen) atoms. The summed E-state index contributed by atoms with van der Waals surface area (Å²) >= 11 is 12.1. The number of rotatable bonds is 3. The van der Waals surface area contributed by atoms with Gasteiger partial charge in [0.15, 0.2) is 5.75 Å². The van der Waals surface area contributed by atoms with Gasteiger partial charge >= 0.3 is 0 Å². The Bertz CT molecular complexity index is 1030. The first-order valence-electron chi connectivity index (χ1n) is 7.90. The third-order valence-electron chi connectivity index (χ3n) is 4.44. The molecule has 1 aromatic heterocycles. The van der Waals surface area contributed by atoms with Crippen molar-refractivity contribution in [1.82, 2.24) is 9.88 Å². The van der Waals surface area contributed by atoms with Crippen LogP contribution in [0.1, 0.15) is 21.5 Å². The van der Waals surface area contributed by atoms with Crippen LogP contribution in [0.25, 0.3) is 10.9 Å². The number of nitrogens with zero attached hydrogens (tertiary/aromatic N) is 2. The largest absolute Gasteiger partial charge is 0.505 e. The van der Waals surface area contributed by atoms with Crippen LogP contribution in [-0.2, 0) is 13.1 Å². The second-order valence-electron chi connectivity index (χ2n) is 6.07. The minimum absolute atomic E-state index is 0.118. The average molecular weight is 389 g/mol. The number of methoxy groups -OCH3 is 1. The van der Waals surface area contributed by atoms with E-state index in [1.165, 1.54) is 0 Å². The summed E-state index contributed by atoms with van der Waals surface area (Å²) in [6, 6.07) is 8.74. The highest BCUT2D eigenvalue weighted by molar-refractivity contribution is 6.34. The molecule has 1 aliphatic rings. The lowest BCUT2D eigenvalue weighted by atomic mass is 10.0. The summed E-state index contributed by atoms with van der Waals surface area (Å²) in [5.74, 6) is 0.161. The van der Waals surface area contributed by atoms with Crippen molar-refractivity contribution >= 4 is 40.0 Å². The second-order valence-corrected chi connectivity index (χ2v) is 6.95. The minimum Gasteiger partial charge on any atom is -0.505 e. The van der Waals surface area contributed by atoms with Gasteiger partial charge in [0.1, 0.15) is 11.3 Å². The fraction of sp³-hybridized carbons (Fsp3) is 0.158.